The number of nitrogens with two attached hydrogens (primary N) is 1. The molecule has 0 aliphatic heterocycles. The zero-order chi connectivity index (χ0) is 16.4. The minimum absolute atomic E-state index is 0.366. The third kappa shape index (κ3) is 13.3. The van der Waals surface area contributed by atoms with Crippen LogP contribution < -0.4 is 5.73 Å². The van der Waals surface area contributed by atoms with Gasteiger partial charge in [0, 0.05) is 25.5 Å². The standard InChI is InChI=1S/C19H37N3O/c20-18-23-17-13-11-9-7-5-3-1-2-4-6-8-10-12-15-22-16-14-21-19-22/h14,16,19H,1-13,15,17-18,20H2. The number of aromatic nitrogens is 2. The van der Waals surface area contributed by atoms with Crippen molar-refractivity contribution in [2.24, 2.45) is 5.73 Å². The molecule has 0 atom stereocenters. The molecule has 0 aliphatic rings. The predicted octanol–water partition coefficient (Wildman–Crippen LogP) is 4.89. The lowest BCUT2D eigenvalue weighted by Gasteiger charge is -2.04. The van der Waals surface area contributed by atoms with Crippen LogP contribution in [0.5, 0.6) is 0 Å². The van der Waals surface area contributed by atoms with E-state index in [9.17, 15) is 0 Å². The fourth-order valence-corrected chi connectivity index (χ4v) is 2.95. The number of nitrogens with zero attached hydrogens (tertiary/aromatic N) is 2. The summed E-state index contributed by atoms with van der Waals surface area (Å²) < 4.78 is 7.31. The van der Waals surface area contributed by atoms with E-state index in [0.29, 0.717) is 6.73 Å². The van der Waals surface area contributed by atoms with Gasteiger partial charge in [-0.25, -0.2) is 4.98 Å². The Balaban J connectivity index is 1.67. The highest BCUT2D eigenvalue weighted by atomic mass is 16.5. The molecule has 0 unspecified atom stereocenters. The lowest BCUT2D eigenvalue weighted by Crippen LogP contribution is -2.05. The second-order valence-corrected chi connectivity index (χ2v) is 6.47. The molecule has 0 radical (unpaired) electrons. The summed E-state index contributed by atoms with van der Waals surface area (Å²) in [7, 11) is 0. The predicted molar refractivity (Wildman–Crippen MR) is 97.3 cm³/mol. The minimum atomic E-state index is 0.366. The van der Waals surface area contributed by atoms with E-state index in [1.165, 1.54) is 77.0 Å². The number of unbranched alkanes of at least 4 members (excludes halogenated alkanes) is 12. The Bertz CT molecular complexity index is 327. The van der Waals surface area contributed by atoms with Crippen molar-refractivity contribution in [3.05, 3.63) is 18.7 Å². The van der Waals surface area contributed by atoms with Gasteiger partial charge < -0.3 is 15.0 Å². The highest BCUT2D eigenvalue weighted by Crippen LogP contribution is 2.12. The fraction of sp³-hybridized carbons (Fsp3) is 0.842. The van der Waals surface area contributed by atoms with Crippen molar-refractivity contribution in [1.82, 2.24) is 9.55 Å². The molecule has 134 valence electrons. The first-order chi connectivity index (χ1) is 11.4. The number of rotatable bonds is 17. The fourth-order valence-electron chi connectivity index (χ4n) is 2.95. The number of imidazole rings is 1. The lowest BCUT2D eigenvalue weighted by molar-refractivity contribution is 0.136. The van der Waals surface area contributed by atoms with E-state index in [0.717, 1.165) is 19.6 Å². The van der Waals surface area contributed by atoms with Crippen LogP contribution in [-0.2, 0) is 11.3 Å². The summed E-state index contributed by atoms with van der Waals surface area (Å²) in [5, 5.41) is 0. The van der Waals surface area contributed by atoms with E-state index in [1.807, 2.05) is 18.7 Å². The molecule has 1 aromatic heterocycles. The van der Waals surface area contributed by atoms with Crippen LogP contribution in [0.2, 0.25) is 0 Å². The van der Waals surface area contributed by atoms with Crippen LogP contribution in [0.4, 0.5) is 0 Å². The van der Waals surface area contributed by atoms with Crippen LogP contribution in [-0.4, -0.2) is 22.9 Å². The van der Waals surface area contributed by atoms with Gasteiger partial charge in [0.1, 0.15) is 0 Å². The number of hydrogen-bond donors (Lipinski definition) is 1. The molecule has 0 fully saturated rings. The van der Waals surface area contributed by atoms with Gasteiger partial charge in [0.2, 0.25) is 0 Å². The SMILES string of the molecule is NCOCCCCCCCCCCCCCCCn1ccnc1. The van der Waals surface area contributed by atoms with Gasteiger partial charge >= 0.3 is 0 Å². The maximum atomic E-state index is 5.28. The molecule has 4 nitrogen and oxygen atoms in total. The van der Waals surface area contributed by atoms with E-state index in [-0.39, 0.29) is 0 Å². The van der Waals surface area contributed by atoms with Crippen LogP contribution in [0.15, 0.2) is 18.7 Å². The highest BCUT2D eigenvalue weighted by molar-refractivity contribution is 4.73. The first-order valence-electron chi connectivity index (χ1n) is 9.67. The zero-order valence-electron chi connectivity index (χ0n) is 14.9. The molecular formula is C19H37N3O. The Morgan fingerprint density at radius 1 is 0.739 bits per heavy atom. The maximum Gasteiger partial charge on any atom is 0.0945 e. The summed E-state index contributed by atoms with van der Waals surface area (Å²) >= 11 is 0. The number of hydrogen-bond acceptors (Lipinski definition) is 3. The summed E-state index contributed by atoms with van der Waals surface area (Å²) in [6, 6.07) is 0. The van der Waals surface area contributed by atoms with Gasteiger partial charge in [0.05, 0.1) is 13.1 Å². The Kier molecular flexibility index (Phi) is 14.0. The molecule has 4 heteroatoms. The van der Waals surface area contributed by atoms with E-state index in [4.69, 9.17) is 10.5 Å². The van der Waals surface area contributed by atoms with Crippen molar-refractivity contribution < 1.29 is 4.74 Å². The summed E-state index contributed by atoms with van der Waals surface area (Å²) in [5.74, 6) is 0. The van der Waals surface area contributed by atoms with Crippen molar-refractivity contribution in [3.8, 4) is 0 Å². The molecule has 0 saturated carbocycles. The maximum absolute atomic E-state index is 5.28. The minimum Gasteiger partial charge on any atom is -0.367 e. The van der Waals surface area contributed by atoms with E-state index in [1.54, 1.807) is 0 Å². The average molecular weight is 324 g/mol. The van der Waals surface area contributed by atoms with Crippen molar-refractivity contribution in [3.63, 3.8) is 0 Å². The third-order valence-corrected chi connectivity index (χ3v) is 4.38. The van der Waals surface area contributed by atoms with Crippen molar-refractivity contribution >= 4 is 0 Å². The molecule has 0 bridgehead atoms. The average Bonchev–Trinajstić information content (AvgIpc) is 3.08. The van der Waals surface area contributed by atoms with Crippen molar-refractivity contribution in [1.29, 1.82) is 0 Å². The first-order valence-corrected chi connectivity index (χ1v) is 9.67. The summed E-state index contributed by atoms with van der Waals surface area (Å²) in [4.78, 5) is 4.07. The van der Waals surface area contributed by atoms with Crippen LogP contribution in [0, 0.1) is 0 Å². The second kappa shape index (κ2) is 16.0. The first kappa shape index (κ1) is 20.2. The molecule has 0 spiro atoms. The normalized spacial score (nSPS) is 11.2. The van der Waals surface area contributed by atoms with Crippen LogP contribution >= 0.6 is 0 Å². The van der Waals surface area contributed by atoms with Crippen molar-refractivity contribution in [2.45, 2.75) is 90.0 Å². The largest absolute Gasteiger partial charge is 0.367 e. The van der Waals surface area contributed by atoms with Gasteiger partial charge in [-0.15, -0.1) is 0 Å². The van der Waals surface area contributed by atoms with Crippen LogP contribution in [0.25, 0.3) is 0 Å². The summed E-state index contributed by atoms with van der Waals surface area (Å²) in [5.41, 5.74) is 5.28. The third-order valence-electron chi connectivity index (χ3n) is 4.38. The molecule has 2 N–H and O–H groups in total. The molecular weight excluding hydrogens is 286 g/mol. The molecule has 0 aromatic carbocycles. The van der Waals surface area contributed by atoms with Gasteiger partial charge in [-0.1, -0.05) is 70.6 Å². The lowest BCUT2D eigenvalue weighted by atomic mass is 10.0. The van der Waals surface area contributed by atoms with Gasteiger partial charge in [-0.3, -0.25) is 0 Å². The van der Waals surface area contributed by atoms with E-state index < -0.39 is 0 Å². The van der Waals surface area contributed by atoms with Crippen LogP contribution in [0.3, 0.4) is 0 Å². The molecule has 1 rings (SSSR count). The smallest absolute Gasteiger partial charge is 0.0945 e. The van der Waals surface area contributed by atoms with E-state index in [2.05, 4.69) is 9.55 Å². The highest BCUT2D eigenvalue weighted by Gasteiger charge is 1.95. The van der Waals surface area contributed by atoms with Crippen molar-refractivity contribution in [2.75, 3.05) is 13.3 Å². The zero-order valence-corrected chi connectivity index (χ0v) is 14.9. The Hall–Kier alpha value is -0.870. The summed E-state index contributed by atoms with van der Waals surface area (Å²) in [6.45, 7) is 2.32. The second-order valence-electron chi connectivity index (χ2n) is 6.47. The number of ether oxygens (including phenoxy) is 1. The Morgan fingerprint density at radius 2 is 1.26 bits per heavy atom. The topological polar surface area (TPSA) is 53.1 Å². The van der Waals surface area contributed by atoms with E-state index >= 15 is 0 Å². The molecule has 0 amide bonds. The monoisotopic (exact) mass is 323 g/mol. The summed E-state index contributed by atoms with van der Waals surface area (Å²) in [6.07, 6.45) is 23.5. The van der Waals surface area contributed by atoms with Gasteiger partial charge in [0.15, 0.2) is 0 Å². The molecule has 0 saturated heterocycles. The number of aryl methyl sites for hydroxylation is 1. The molecule has 1 heterocycles. The molecule has 0 aliphatic carbocycles. The molecule has 23 heavy (non-hydrogen) atoms. The quantitative estimate of drug-likeness (QED) is 0.328. The molecule has 1 aromatic rings. The van der Waals surface area contributed by atoms with Gasteiger partial charge in [-0.05, 0) is 12.8 Å². The van der Waals surface area contributed by atoms with Crippen LogP contribution in [0.1, 0.15) is 83.5 Å². The van der Waals surface area contributed by atoms with Gasteiger partial charge in [-0.2, -0.15) is 0 Å². The van der Waals surface area contributed by atoms with Gasteiger partial charge in [0.25, 0.3) is 0 Å². The Labute approximate surface area is 142 Å². The Morgan fingerprint density at radius 3 is 1.74 bits per heavy atom.